The lowest BCUT2D eigenvalue weighted by Gasteiger charge is -2.35. The molecule has 1 N–H and O–H groups in total. The first kappa shape index (κ1) is 27.6. The van der Waals surface area contributed by atoms with E-state index in [1.165, 1.54) is 4.68 Å². The van der Waals surface area contributed by atoms with Gasteiger partial charge in [-0.3, -0.25) is 14.3 Å². The lowest BCUT2D eigenvalue weighted by atomic mass is 10.2. The fourth-order valence-corrected chi connectivity index (χ4v) is 4.15. The Kier molecular flexibility index (Phi) is 8.74. The van der Waals surface area contributed by atoms with Gasteiger partial charge in [-0.15, -0.1) is 0 Å². The van der Waals surface area contributed by atoms with Gasteiger partial charge in [0.25, 0.3) is 5.91 Å². The zero-order valence-electron chi connectivity index (χ0n) is 22.5. The second kappa shape index (κ2) is 12.4. The predicted octanol–water partition coefficient (Wildman–Crippen LogP) is 3.49. The monoisotopic (exact) mass is 539 g/mol. The number of carbonyl (C=O) groups is 3. The van der Waals surface area contributed by atoms with E-state index in [4.69, 9.17) is 18.6 Å². The largest absolute Gasteiger partial charge is 0.493 e. The molecule has 3 heterocycles. The molecule has 1 aromatic carbocycles. The molecule has 2 aromatic heterocycles. The van der Waals surface area contributed by atoms with Gasteiger partial charge in [0.05, 0.1) is 25.1 Å². The molecular formula is C27H33N5O7. The summed E-state index contributed by atoms with van der Waals surface area (Å²) in [6.07, 6.45) is 1.26. The van der Waals surface area contributed by atoms with Gasteiger partial charge in [-0.05, 0) is 45.0 Å². The number of nitrogens with one attached hydrogen (secondary N) is 1. The van der Waals surface area contributed by atoms with Crippen molar-refractivity contribution in [3.05, 3.63) is 59.8 Å². The van der Waals surface area contributed by atoms with Crippen molar-refractivity contribution < 1.29 is 33.0 Å². The van der Waals surface area contributed by atoms with Crippen LogP contribution in [0.3, 0.4) is 0 Å². The average molecular weight is 540 g/mol. The molecule has 1 aliphatic rings. The number of furan rings is 1. The number of hydrogen-bond acceptors (Lipinski definition) is 8. The van der Waals surface area contributed by atoms with Gasteiger partial charge in [-0.1, -0.05) is 12.1 Å². The summed E-state index contributed by atoms with van der Waals surface area (Å²) in [6.45, 7) is 7.32. The number of aryl methyl sites for hydroxylation is 1. The van der Waals surface area contributed by atoms with Crippen LogP contribution in [-0.2, 0) is 16.1 Å². The Hall–Kier alpha value is -4.48. The van der Waals surface area contributed by atoms with Gasteiger partial charge in [0.15, 0.2) is 17.3 Å². The molecule has 4 rings (SSSR count). The number of amides is 3. The molecule has 12 heteroatoms. The molecule has 1 unspecified atom stereocenters. The fourth-order valence-electron chi connectivity index (χ4n) is 4.15. The van der Waals surface area contributed by atoms with Crippen LogP contribution in [0.1, 0.15) is 41.9 Å². The van der Waals surface area contributed by atoms with E-state index < -0.39 is 11.9 Å². The van der Waals surface area contributed by atoms with E-state index in [-0.39, 0.29) is 24.4 Å². The van der Waals surface area contributed by atoms with Crippen molar-refractivity contribution in [2.75, 3.05) is 45.2 Å². The van der Waals surface area contributed by atoms with Gasteiger partial charge in [0.2, 0.25) is 5.91 Å². The molecule has 3 aromatic rings. The van der Waals surface area contributed by atoms with Gasteiger partial charge in [0.1, 0.15) is 18.4 Å². The first-order valence-corrected chi connectivity index (χ1v) is 12.7. The quantitative estimate of drug-likeness (QED) is 0.438. The van der Waals surface area contributed by atoms with Crippen LogP contribution in [0, 0.1) is 6.92 Å². The maximum Gasteiger partial charge on any atom is 0.409 e. The Balaban J connectivity index is 1.33. The van der Waals surface area contributed by atoms with Crippen molar-refractivity contribution in [1.82, 2.24) is 19.6 Å². The van der Waals surface area contributed by atoms with Crippen LogP contribution in [0.15, 0.2) is 47.0 Å². The number of aromatic nitrogens is 2. The second-order valence-electron chi connectivity index (χ2n) is 8.96. The third-order valence-electron chi connectivity index (χ3n) is 6.36. The van der Waals surface area contributed by atoms with Gasteiger partial charge < -0.3 is 33.7 Å². The number of carbonyl (C=O) groups excluding carboxylic acids is 3. The summed E-state index contributed by atoms with van der Waals surface area (Å²) in [5, 5.41) is 7.23. The van der Waals surface area contributed by atoms with Gasteiger partial charge in [0, 0.05) is 32.4 Å². The first-order chi connectivity index (χ1) is 18.8. The summed E-state index contributed by atoms with van der Waals surface area (Å²) in [7, 11) is 1.56. The maximum absolute atomic E-state index is 13.1. The predicted molar refractivity (Wildman–Crippen MR) is 141 cm³/mol. The lowest BCUT2D eigenvalue weighted by molar-refractivity contribution is -0.136. The molecule has 1 saturated heterocycles. The number of anilines is 1. The molecule has 39 heavy (non-hydrogen) atoms. The normalized spacial score (nSPS) is 14.1. The minimum atomic E-state index is -0.592. The summed E-state index contributed by atoms with van der Waals surface area (Å²) in [4.78, 5) is 41.1. The lowest BCUT2D eigenvalue weighted by Crippen LogP contribution is -2.52. The highest BCUT2D eigenvalue weighted by molar-refractivity contribution is 6.02. The van der Waals surface area contributed by atoms with Crippen LogP contribution >= 0.6 is 0 Å². The molecule has 0 saturated carbocycles. The number of benzene rings is 1. The highest BCUT2D eigenvalue weighted by atomic mass is 16.6. The van der Waals surface area contributed by atoms with Crippen LogP contribution in [0.2, 0.25) is 0 Å². The third kappa shape index (κ3) is 6.51. The summed E-state index contributed by atoms with van der Waals surface area (Å²) in [6, 6.07) is 9.90. The van der Waals surface area contributed by atoms with E-state index in [9.17, 15) is 14.4 Å². The Morgan fingerprint density at radius 1 is 1.05 bits per heavy atom. The van der Waals surface area contributed by atoms with Crippen molar-refractivity contribution >= 4 is 23.6 Å². The average Bonchev–Trinajstić information content (AvgIpc) is 3.58. The smallest absolute Gasteiger partial charge is 0.409 e. The Labute approximate surface area is 226 Å². The number of rotatable bonds is 9. The van der Waals surface area contributed by atoms with Crippen LogP contribution < -0.4 is 14.8 Å². The van der Waals surface area contributed by atoms with E-state index in [1.54, 1.807) is 68.1 Å². The van der Waals surface area contributed by atoms with Crippen LogP contribution in [0.25, 0.3) is 0 Å². The number of methoxy groups -OCH3 is 1. The Bertz CT molecular complexity index is 1310. The maximum atomic E-state index is 13.1. The number of hydrogen-bond donors (Lipinski definition) is 1. The Morgan fingerprint density at radius 3 is 2.44 bits per heavy atom. The topological polar surface area (TPSA) is 128 Å². The van der Waals surface area contributed by atoms with Crippen molar-refractivity contribution in [2.45, 2.75) is 33.4 Å². The van der Waals surface area contributed by atoms with Crippen molar-refractivity contribution in [3.8, 4) is 11.5 Å². The van der Waals surface area contributed by atoms with Crippen LogP contribution in [0.5, 0.6) is 11.5 Å². The molecule has 0 radical (unpaired) electrons. The molecule has 1 fully saturated rings. The van der Waals surface area contributed by atoms with E-state index in [0.717, 1.165) is 0 Å². The van der Waals surface area contributed by atoms with Crippen molar-refractivity contribution in [3.63, 3.8) is 0 Å². The number of para-hydroxylation sites is 2. The van der Waals surface area contributed by atoms with Gasteiger partial charge in [-0.25, -0.2) is 4.79 Å². The molecule has 0 spiro atoms. The highest BCUT2D eigenvalue weighted by Gasteiger charge is 2.29. The number of ether oxygens (including phenoxy) is 3. The standard InChI is InChI=1S/C27H33N5O7/c1-5-37-27(35)31-14-12-30(13-15-31)26(34)19(3)32-16-21(18(2)29-32)28-25(33)24-11-10-20(39-24)17-38-23-9-7-6-8-22(23)36-4/h6-11,16,19H,5,12-15,17H2,1-4H3,(H,28,33). The van der Waals surface area contributed by atoms with E-state index in [2.05, 4.69) is 10.4 Å². The summed E-state index contributed by atoms with van der Waals surface area (Å²) < 4.78 is 23.2. The van der Waals surface area contributed by atoms with Crippen LogP contribution in [0.4, 0.5) is 10.5 Å². The molecule has 3 amide bonds. The van der Waals surface area contributed by atoms with E-state index in [1.807, 2.05) is 12.1 Å². The fraction of sp³-hybridized carbons (Fsp3) is 0.407. The minimum absolute atomic E-state index is 0.115. The second-order valence-corrected chi connectivity index (χ2v) is 8.96. The summed E-state index contributed by atoms with van der Waals surface area (Å²) >= 11 is 0. The highest BCUT2D eigenvalue weighted by Crippen LogP contribution is 2.27. The summed E-state index contributed by atoms with van der Waals surface area (Å²) in [5.41, 5.74) is 1.02. The van der Waals surface area contributed by atoms with Gasteiger partial charge >= 0.3 is 6.09 Å². The van der Waals surface area contributed by atoms with Crippen LogP contribution in [-0.4, -0.2) is 77.4 Å². The third-order valence-corrected chi connectivity index (χ3v) is 6.36. The molecule has 12 nitrogen and oxygen atoms in total. The number of piperazine rings is 1. The van der Waals surface area contributed by atoms with E-state index in [0.29, 0.717) is 61.4 Å². The van der Waals surface area contributed by atoms with Crippen molar-refractivity contribution in [1.29, 1.82) is 0 Å². The Morgan fingerprint density at radius 2 is 1.74 bits per heavy atom. The molecule has 1 atom stereocenters. The first-order valence-electron chi connectivity index (χ1n) is 12.7. The molecule has 0 bridgehead atoms. The zero-order chi connectivity index (χ0) is 27.9. The zero-order valence-corrected chi connectivity index (χ0v) is 22.5. The van der Waals surface area contributed by atoms with Gasteiger partial charge in [-0.2, -0.15) is 5.10 Å². The molecular weight excluding hydrogens is 506 g/mol. The van der Waals surface area contributed by atoms with E-state index >= 15 is 0 Å². The molecule has 208 valence electrons. The molecule has 0 aliphatic carbocycles. The number of nitrogens with zero attached hydrogens (tertiary/aromatic N) is 4. The SMILES string of the molecule is CCOC(=O)N1CCN(C(=O)C(C)n2cc(NC(=O)c3ccc(COc4ccccc4OC)o3)c(C)n2)CC1. The minimum Gasteiger partial charge on any atom is -0.493 e. The summed E-state index contributed by atoms with van der Waals surface area (Å²) in [5.74, 6) is 1.18. The molecule has 1 aliphatic heterocycles. The van der Waals surface area contributed by atoms with Crippen molar-refractivity contribution in [2.24, 2.45) is 0 Å².